The number of rotatable bonds is 3. The van der Waals surface area contributed by atoms with Crippen molar-refractivity contribution in [3.63, 3.8) is 0 Å². The third-order valence-corrected chi connectivity index (χ3v) is 3.22. The van der Waals surface area contributed by atoms with Crippen LogP contribution in [0.1, 0.15) is 0 Å². The maximum atomic E-state index is 5.97. The summed E-state index contributed by atoms with van der Waals surface area (Å²) in [7, 11) is 0. The highest BCUT2D eigenvalue weighted by Crippen LogP contribution is 2.23. The maximum absolute atomic E-state index is 5.97. The minimum Gasteiger partial charge on any atom is -0.397 e. The van der Waals surface area contributed by atoms with Crippen LogP contribution in [0.25, 0.3) is 0 Å². The first-order chi connectivity index (χ1) is 7.81. The average Bonchev–Trinajstić information content (AvgIpc) is 2.31. The predicted octanol–water partition coefficient (Wildman–Crippen LogP) is 1.63. The van der Waals surface area contributed by atoms with E-state index < -0.39 is 0 Å². The van der Waals surface area contributed by atoms with E-state index in [4.69, 9.17) is 17.3 Å². The highest BCUT2D eigenvalue weighted by Gasteiger charge is 2.17. The zero-order valence-corrected chi connectivity index (χ0v) is 10.2. The lowest BCUT2D eigenvalue weighted by Crippen LogP contribution is -2.47. The summed E-state index contributed by atoms with van der Waals surface area (Å²) >= 11 is 5.74. The Labute approximate surface area is 102 Å². The molecule has 0 aliphatic carbocycles. The molecule has 0 bridgehead atoms. The number of alkyl halides is 1. The van der Waals surface area contributed by atoms with Crippen molar-refractivity contribution in [2.45, 2.75) is 0 Å². The van der Waals surface area contributed by atoms with Crippen LogP contribution in [0.4, 0.5) is 11.4 Å². The molecule has 4 heteroatoms. The Morgan fingerprint density at radius 2 is 1.81 bits per heavy atom. The highest BCUT2D eigenvalue weighted by atomic mass is 35.5. The number of anilines is 2. The molecule has 1 aliphatic rings. The van der Waals surface area contributed by atoms with Crippen LogP contribution >= 0.6 is 11.6 Å². The van der Waals surface area contributed by atoms with E-state index in [0.29, 0.717) is 5.88 Å². The molecule has 1 fully saturated rings. The van der Waals surface area contributed by atoms with Crippen LogP contribution in [0.3, 0.4) is 0 Å². The van der Waals surface area contributed by atoms with Gasteiger partial charge in [0, 0.05) is 38.6 Å². The number of piperazine rings is 1. The van der Waals surface area contributed by atoms with Gasteiger partial charge in [0.1, 0.15) is 0 Å². The molecule has 1 aromatic carbocycles. The average molecular weight is 240 g/mol. The van der Waals surface area contributed by atoms with Gasteiger partial charge in [-0.25, -0.2) is 0 Å². The van der Waals surface area contributed by atoms with E-state index in [2.05, 4.69) is 15.9 Å². The van der Waals surface area contributed by atoms with Crippen LogP contribution in [-0.4, -0.2) is 43.5 Å². The van der Waals surface area contributed by atoms with Crippen molar-refractivity contribution in [2.75, 3.05) is 49.2 Å². The van der Waals surface area contributed by atoms with Gasteiger partial charge in [0.15, 0.2) is 0 Å². The third-order valence-electron chi connectivity index (χ3n) is 3.05. The second kappa shape index (κ2) is 5.41. The summed E-state index contributed by atoms with van der Waals surface area (Å²) in [4.78, 5) is 4.74. The summed E-state index contributed by atoms with van der Waals surface area (Å²) in [5, 5.41) is 0. The largest absolute Gasteiger partial charge is 0.397 e. The van der Waals surface area contributed by atoms with Crippen LogP contribution in [0, 0.1) is 0 Å². The van der Waals surface area contributed by atoms with Crippen molar-refractivity contribution in [1.82, 2.24) is 4.90 Å². The van der Waals surface area contributed by atoms with Gasteiger partial charge in [0.25, 0.3) is 0 Å². The standard InChI is InChI=1S/C12H18ClN3/c13-5-6-15-7-9-16(10-8-15)12-4-2-1-3-11(12)14/h1-4H,5-10,14H2. The molecule has 0 amide bonds. The molecule has 88 valence electrons. The molecular weight excluding hydrogens is 222 g/mol. The van der Waals surface area contributed by atoms with E-state index >= 15 is 0 Å². The molecule has 0 saturated carbocycles. The first-order valence-corrected chi connectivity index (χ1v) is 6.22. The third kappa shape index (κ3) is 2.60. The summed E-state index contributed by atoms with van der Waals surface area (Å²) in [5.74, 6) is 0.716. The van der Waals surface area contributed by atoms with Crippen molar-refractivity contribution < 1.29 is 0 Å². The van der Waals surface area contributed by atoms with E-state index in [1.165, 1.54) is 0 Å². The Kier molecular flexibility index (Phi) is 3.91. The fraction of sp³-hybridized carbons (Fsp3) is 0.500. The van der Waals surface area contributed by atoms with Gasteiger partial charge in [-0.05, 0) is 12.1 Å². The number of halogens is 1. The predicted molar refractivity (Wildman–Crippen MR) is 70.2 cm³/mol. The number of hydrogen-bond donors (Lipinski definition) is 1. The number of nitrogens with zero attached hydrogens (tertiary/aromatic N) is 2. The topological polar surface area (TPSA) is 32.5 Å². The van der Waals surface area contributed by atoms with E-state index in [0.717, 1.165) is 44.1 Å². The maximum Gasteiger partial charge on any atom is 0.0600 e. The zero-order chi connectivity index (χ0) is 11.4. The van der Waals surface area contributed by atoms with Crippen LogP contribution in [-0.2, 0) is 0 Å². The molecule has 1 aromatic rings. The molecule has 2 N–H and O–H groups in total. The molecule has 0 aromatic heterocycles. The number of nitrogen functional groups attached to an aromatic ring is 1. The van der Waals surface area contributed by atoms with Crippen molar-refractivity contribution in [3.05, 3.63) is 24.3 Å². The first-order valence-electron chi connectivity index (χ1n) is 5.69. The lowest BCUT2D eigenvalue weighted by atomic mass is 10.2. The highest BCUT2D eigenvalue weighted by molar-refractivity contribution is 6.18. The van der Waals surface area contributed by atoms with Gasteiger partial charge in [0.05, 0.1) is 11.4 Å². The number of hydrogen-bond acceptors (Lipinski definition) is 3. The van der Waals surface area contributed by atoms with E-state index in [-0.39, 0.29) is 0 Å². The molecule has 0 radical (unpaired) electrons. The summed E-state index contributed by atoms with van der Waals surface area (Å²) in [6.07, 6.45) is 0. The number of nitrogens with two attached hydrogens (primary N) is 1. The van der Waals surface area contributed by atoms with Gasteiger partial charge < -0.3 is 10.6 Å². The van der Waals surface area contributed by atoms with Crippen molar-refractivity contribution in [3.8, 4) is 0 Å². The van der Waals surface area contributed by atoms with Gasteiger partial charge in [-0.2, -0.15) is 0 Å². The molecule has 3 nitrogen and oxygen atoms in total. The molecule has 0 unspecified atom stereocenters. The van der Waals surface area contributed by atoms with Crippen LogP contribution in [0.5, 0.6) is 0 Å². The van der Waals surface area contributed by atoms with Crippen LogP contribution in [0.2, 0.25) is 0 Å². The van der Waals surface area contributed by atoms with E-state index in [9.17, 15) is 0 Å². The number of para-hydroxylation sites is 2. The van der Waals surface area contributed by atoms with Gasteiger partial charge >= 0.3 is 0 Å². The van der Waals surface area contributed by atoms with Crippen LogP contribution in [0.15, 0.2) is 24.3 Å². The smallest absolute Gasteiger partial charge is 0.0600 e. The Morgan fingerprint density at radius 3 is 2.44 bits per heavy atom. The van der Waals surface area contributed by atoms with Gasteiger partial charge in [-0.15, -0.1) is 11.6 Å². The quantitative estimate of drug-likeness (QED) is 0.643. The Bertz CT molecular complexity index is 335. The minimum absolute atomic E-state index is 0.716. The van der Waals surface area contributed by atoms with E-state index in [1.807, 2.05) is 18.2 Å². The Hall–Kier alpha value is -0.930. The Morgan fingerprint density at radius 1 is 1.12 bits per heavy atom. The second-order valence-corrected chi connectivity index (χ2v) is 4.45. The summed E-state index contributed by atoms with van der Waals surface area (Å²) in [5.41, 5.74) is 8.00. The first kappa shape index (κ1) is 11.6. The molecule has 0 atom stereocenters. The minimum atomic E-state index is 0.716. The fourth-order valence-electron chi connectivity index (χ4n) is 2.11. The molecule has 1 aliphatic heterocycles. The lowest BCUT2D eigenvalue weighted by molar-refractivity contribution is 0.273. The van der Waals surface area contributed by atoms with Gasteiger partial charge in [-0.1, -0.05) is 12.1 Å². The summed E-state index contributed by atoms with van der Waals surface area (Å²) in [6, 6.07) is 8.06. The lowest BCUT2D eigenvalue weighted by Gasteiger charge is -2.36. The Balaban J connectivity index is 1.96. The van der Waals surface area contributed by atoms with Crippen molar-refractivity contribution in [2.24, 2.45) is 0 Å². The molecule has 1 heterocycles. The molecule has 1 saturated heterocycles. The van der Waals surface area contributed by atoms with Crippen LogP contribution < -0.4 is 10.6 Å². The SMILES string of the molecule is Nc1ccccc1N1CCN(CCCl)CC1. The zero-order valence-electron chi connectivity index (χ0n) is 9.40. The normalized spacial score (nSPS) is 17.7. The second-order valence-electron chi connectivity index (χ2n) is 4.08. The molecule has 0 spiro atoms. The summed E-state index contributed by atoms with van der Waals surface area (Å²) in [6.45, 7) is 5.19. The van der Waals surface area contributed by atoms with E-state index in [1.54, 1.807) is 0 Å². The van der Waals surface area contributed by atoms with Crippen molar-refractivity contribution >= 4 is 23.0 Å². The number of benzene rings is 1. The molecule has 2 rings (SSSR count). The molecule has 16 heavy (non-hydrogen) atoms. The summed E-state index contributed by atoms with van der Waals surface area (Å²) < 4.78 is 0. The molecular formula is C12H18ClN3. The van der Waals surface area contributed by atoms with Gasteiger partial charge in [-0.3, -0.25) is 4.90 Å². The fourth-order valence-corrected chi connectivity index (χ4v) is 2.35. The monoisotopic (exact) mass is 239 g/mol. The van der Waals surface area contributed by atoms with Crippen molar-refractivity contribution in [1.29, 1.82) is 0 Å². The van der Waals surface area contributed by atoms with Gasteiger partial charge in [0.2, 0.25) is 0 Å².